The maximum atomic E-state index is 11.6. The molecule has 0 aliphatic rings. The van der Waals surface area contributed by atoms with Gasteiger partial charge in [0.15, 0.2) is 5.78 Å². The first kappa shape index (κ1) is 13.4. The molecule has 0 aliphatic heterocycles. The van der Waals surface area contributed by atoms with Crippen molar-refractivity contribution in [3.05, 3.63) is 19.1 Å². The highest BCUT2D eigenvalue weighted by molar-refractivity contribution is 5.92. The Morgan fingerprint density at radius 2 is 2.21 bits per heavy atom. The van der Waals surface area contributed by atoms with Crippen LogP contribution in [0.5, 0.6) is 0 Å². The van der Waals surface area contributed by atoms with Crippen molar-refractivity contribution in [3.8, 4) is 0 Å². The number of ketones is 1. The number of carbonyl (C=O) groups excluding carboxylic acids is 1. The summed E-state index contributed by atoms with van der Waals surface area (Å²) in [4.78, 5) is 11.6. The minimum atomic E-state index is -0.0993. The summed E-state index contributed by atoms with van der Waals surface area (Å²) in [5, 5.41) is 0. The lowest BCUT2D eigenvalue weighted by Crippen LogP contribution is -2.34. The van der Waals surface area contributed by atoms with Crippen LogP contribution in [-0.4, -0.2) is 11.8 Å². The van der Waals surface area contributed by atoms with Crippen LogP contribution in [0, 0.1) is 12.8 Å². The first-order chi connectivity index (χ1) is 6.67. The second kappa shape index (κ2) is 7.74. The molecule has 14 heavy (non-hydrogen) atoms. The minimum Gasteiger partial charge on any atom is -0.327 e. The summed E-state index contributed by atoms with van der Waals surface area (Å²) >= 11 is 0. The van der Waals surface area contributed by atoms with Crippen molar-refractivity contribution in [3.63, 3.8) is 0 Å². The Labute approximate surface area is 87.6 Å². The van der Waals surface area contributed by atoms with Crippen molar-refractivity contribution in [1.82, 2.24) is 0 Å². The maximum absolute atomic E-state index is 11.6. The lowest BCUT2D eigenvalue weighted by molar-refractivity contribution is -0.118. The van der Waals surface area contributed by atoms with Gasteiger partial charge >= 0.3 is 0 Å². The number of hydrogen-bond donors (Lipinski definition) is 1. The Kier molecular flexibility index (Phi) is 7.40. The predicted molar refractivity (Wildman–Crippen MR) is 60.8 cm³/mol. The SMILES string of the molecule is [CH2]CC(C(=O)C=CC)C(N)CCCC. The van der Waals surface area contributed by atoms with Crippen LogP contribution in [0.2, 0.25) is 0 Å². The molecule has 0 aromatic heterocycles. The average molecular weight is 196 g/mol. The number of allylic oxidation sites excluding steroid dienone is 2. The van der Waals surface area contributed by atoms with E-state index in [1.165, 1.54) is 0 Å². The van der Waals surface area contributed by atoms with Crippen molar-refractivity contribution in [2.24, 2.45) is 11.7 Å². The fraction of sp³-hybridized carbons (Fsp3) is 0.667. The number of nitrogens with two attached hydrogens (primary N) is 1. The molecule has 2 N–H and O–H groups in total. The lowest BCUT2D eigenvalue weighted by Gasteiger charge is -2.19. The van der Waals surface area contributed by atoms with E-state index in [0.717, 1.165) is 19.3 Å². The third kappa shape index (κ3) is 4.56. The first-order valence-electron chi connectivity index (χ1n) is 5.38. The summed E-state index contributed by atoms with van der Waals surface area (Å²) in [7, 11) is 0. The summed E-state index contributed by atoms with van der Waals surface area (Å²) in [5.74, 6) is 0.0175. The van der Waals surface area contributed by atoms with Crippen LogP contribution in [-0.2, 0) is 4.79 Å². The highest BCUT2D eigenvalue weighted by Crippen LogP contribution is 2.14. The zero-order valence-electron chi connectivity index (χ0n) is 9.33. The van der Waals surface area contributed by atoms with E-state index in [0.29, 0.717) is 6.42 Å². The number of rotatable bonds is 7. The van der Waals surface area contributed by atoms with E-state index in [9.17, 15) is 4.79 Å². The van der Waals surface area contributed by atoms with E-state index in [-0.39, 0.29) is 17.7 Å². The molecule has 0 amide bonds. The summed E-state index contributed by atoms with van der Waals surface area (Å²) in [6.45, 7) is 7.75. The molecule has 2 nitrogen and oxygen atoms in total. The van der Waals surface area contributed by atoms with Crippen LogP contribution < -0.4 is 5.73 Å². The van der Waals surface area contributed by atoms with Crippen molar-refractivity contribution >= 4 is 5.78 Å². The lowest BCUT2D eigenvalue weighted by atomic mass is 9.89. The van der Waals surface area contributed by atoms with E-state index in [4.69, 9.17) is 5.73 Å². The largest absolute Gasteiger partial charge is 0.327 e. The van der Waals surface area contributed by atoms with Gasteiger partial charge in [-0.3, -0.25) is 4.79 Å². The van der Waals surface area contributed by atoms with Gasteiger partial charge in [0.2, 0.25) is 0 Å². The maximum Gasteiger partial charge on any atom is 0.159 e. The smallest absolute Gasteiger partial charge is 0.159 e. The van der Waals surface area contributed by atoms with Crippen molar-refractivity contribution < 1.29 is 4.79 Å². The molecular formula is C12H22NO. The normalized spacial score (nSPS) is 15.7. The molecule has 0 fully saturated rings. The molecule has 0 saturated heterocycles. The average Bonchev–Trinajstić information content (AvgIpc) is 2.16. The van der Waals surface area contributed by atoms with Crippen LogP contribution in [0.3, 0.4) is 0 Å². The van der Waals surface area contributed by atoms with Crippen molar-refractivity contribution in [1.29, 1.82) is 0 Å². The molecule has 0 saturated carbocycles. The van der Waals surface area contributed by atoms with Crippen molar-refractivity contribution in [2.75, 3.05) is 0 Å². The third-order valence-corrected chi connectivity index (χ3v) is 2.42. The van der Waals surface area contributed by atoms with E-state index in [2.05, 4.69) is 13.8 Å². The molecule has 0 rings (SSSR count). The molecule has 81 valence electrons. The van der Waals surface area contributed by atoms with Crippen LogP contribution in [0.4, 0.5) is 0 Å². The predicted octanol–water partition coefficient (Wildman–Crippen LogP) is 2.49. The highest BCUT2D eigenvalue weighted by atomic mass is 16.1. The van der Waals surface area contributed by atoms with Crippen LogP contribution in [0.25, 0.3) is 0 Å². The molecule has 0 spiro atoms. The third-order valence-electron chi connectivity index (χ3n) is 2.42. The van der Waals surface area contributed by atoms with Gasteiger partial charge in [0.1, 0.15) is 0 Å². The topological polar surface area (TPSA) is 43.1 Å². The summed E-state index contributed by atoms with van der Waals surface area (Å²) in [6, 6.07) is -0.0313. The van der Waals surface area contributed by atoms with Gasteiger partial charge in [-0.25, -0.2) is 0 Å². The standard InChI is InChI=1S/C12H22NO/c1-4-7-9-11(13)10(6-3)12(14)8-5-2/h5,8,10-11H,3-4,6-7,9,13H2,1-2H3. The van der Waals surface area contributed by atoms with Crippen LogP contribution in [0.15, 0.2) is 12.2 Å². The molecular weight excluding hydrogens is 174 g/mol. The summed E-state index contributed by atoms with van der Waals surface area (Å²) in [6.07, 6.45) is 7.07. The molecule has 1 radical (unpaired) electrons. The quantitative estimate of drug-likeness (QED) is 0.636. The van der Waals surface area contributed by atoms with Gasteiger partial charge in [0.05, 0.1) is 0 Å². The molecule has 2 heteroatoms. The van der Waals surface area contributed by atoms with E-state index >= 15 is 0 Å². The second-order valence-corrected chi connectivity index (χ2v) is 3.60. The fourth-order valence-electron chi connectivity index (χ4n) is 1.50. The van der Waals surface area contributed by atoms with E-state index < -0.39 is 0 Å². The summed E-state index contributed by atoms with van der Waals surface area (Å²) < 4.78 is 0. The zero-order chi connectivity index (χ0) is 11.0. The molecule has 0 aromatic rings. The van der Waals surface area contributed by atoms with E-state index in [1.54, 1.807) is 12.2 Å². The van der Waals surface area contributed by atoms with Crippen LogP contribution in [0.1, 0.15) is 39.5 Å². The van der Waals surface area contributed by atoms with Gasteiger partial charge in [-0.05, 0) is 25.8 Å². The van der Waals surface area contributed by atoms with E-state index in [1.807, 2.05) is 6.92 Å². The molecule has 0 aliphatic carbocycles. The zero-order valence-corrected chi connectivity index (χ0v) is 9.33. The van der Waals surface area contributed by atoms with Crippen molar-refractivity contribution in [2.45, 2.75) is 45.6 Å². The number of carbonyl (C=O) groups is 1. The van der Waals surface area contributed by atoms with Gasteiger partial charge in [0, 0.05) is 12.0 Å². The molecule has 2 unspecified atom stereocenters. The fourth-order valence-corrected chi connectivity index (χ4v) is 1.50. The molecule has 0 aromatic carbocycles. The Balaban J connectivity index is 4.17. The van der Waals surface area contributed by atoms with Gasteiger partial charge in [-0.1, -0.05) is 32.8 Å². The Bertz CT molecular complexity index is 187. The van der Waals surface area contributed by atoms with Gasteiger partial charge in [-0.2, -0.15) is 0 Å². The van der Waals surface area contributed by atoms with Gasteiger partial charge in [0.25, 0.3) is 0 Å². The monoisotopic (exact) mass is 196 g/mol. The number of hydrogen-bond acceptors (Lipinski definition) is 2. The molecule has 0 heterocycles. The minimum absolute atomic E-state index is 0.0313. The van der Waals surface area contributed by atoms with Crippen LogP contribution >= 0.6 is 0 Å². The Hall–Kier alpha value is -0.630. The van der Waals surface area contributed by atoms with Gasteiger partial charge in [-0.15, -0.1) is 0 Å². The highest BCUT2D eigenvalue weighted by Gasteiger charge is 2.20. The molecule has 2 atom stereocenters. The second-order valence-electron chi connectivity index (χ2n) is 3.60. The number of unbranched alkanes of at least 4 members (excludes halogenated alkanes) is 1. The Morgan fingerprint density at radius 3 is 2.64 bits per heavy atom. The van der Waals surface area contributed by atoms with Gasteiger partial charge < -0.3 is 5.73 Å². The molecule has 0 bridgehead atoms. The first-order valence-corrected chi connectivity index (χ1v) is 5.38. The Morgan fingerprint density at radius 1 is 1.57 bits per heavy atom. The summed E-state index contributed by atoms with van der Waals surface area (Å²) in [5.41, 5.74) is 5.95.